The SMILES string of the molecule is CC(C)N1CCCC(O)(CC2CCOCC2)CC1. The van der Waals surface area contributed by atoms with E-state index in [0.717, 1.165) is 64.8 Å². The van der Waals surface area contributed by atoms with Crippen LogP contribution in [0.15, 0.2) is 0 Å². The molecular formula is C15H29NO2. The molecule has 2 fully saturated rings. The third-order valence-electron chi connectivity index (χ3n) is 4.69. The molecule has 2 rings (SSSR count). The van der Waals surface area contributed by atoms with E-state index in [9.17, 15) is 5.11 Å². The molecule has 2 aliphatic heterocycles. The molecule has 3 nitrogen and oxygen atoms in total. The fraction of sp³-hybridized carbons (Fsp3) is 1.00. The van der Waals surface area contributed by atoms with Crippen molar-refractivity contribution < 1.29 is 9.84 Å². The number of hydrogen-bond donors (Lipinski definition) is 1. The van der Waals surface area contributed by atoms with Crippen molar-refractivity contribution in [1.29, 1.82) is 0 Å². The van der Waals surface area contributed by atoms with Crippen molar-refractivity contribution in [1.82, 2.24) is 4.90 Å². The standard InChI is InChI=1S/C15H29NO2/c1-13(2)16-8-3-6-15(17,7-9-16)12-14-4-10-18-11-5-14/h13-14,17H,3-12H2,1-2H3. The van der Waals surface area contributed by atoms with Crippen LogP contribution in [-0.4, -0.2) is 48.0 Å². The first-order valence-corrected chi connectivity index (χ1v) is 7.63. The summed E-state index contributed by atoms with van der Waals surface area (Å²) in [6.07, 6.45) is 6.32. The summed E-state index contributed by atoms with van der Waals surface area (Å²) < 4.78 is 5.41. The van der Waals surface area contributed by atoms with Gasteiger partial charge in [0.25, 0.3) is 0 Å². The predicted molar refractivity (Wildman–Crippen MR) is 73.7 cm³/mol. The monoisotopic (exact) mass is 255 g/mol. The molecule has 1 N–H and O–H groups in total. The van der Waals surface area contributed by atoms with Crippen LogP contribution in [0, 0.1) is 5.92 Å². The molecule has 0 radical (unpaired) electrons. The van der Waals surface area contributed by atoms with Crippen molar-refractivity contribution >= 4 is 0 Å². The number of likely N-dealkylation sites (tertiary alicyclic amines) is 1. The molecule has 2 saturated heterocycles. The first-order chi connectivity index (χ1) is 8.59. The van der Waals surface area contributed by atoms with Crippen molar-refractivity contribution in [3.05, 3.63) is 0 Å². The van der Waals surface area contributed by atoms with Gasteiger partial charge in [0.1, 0.15) is 0 Å². The molecule has 106 valence electrons. The van der Waals surface area contributed by atoms with Gasteiger partial charge in [0.05, 0.1) is 5.60 Å². The second-order valence-electron chi connectivity index (χ2n) is 6.47. The zero-order chi connectivity index (χ0) is 13.0. The quantitative estimate of drug-likeness (QED) is 0.840. The van der Waals surface area contributed by atoms with Gasteiger partial charge < -0.3 is 14.7 Å². The molecule has 2 heterocycles. The van der Waals surface area contributed by atoms with E-state index in [1.54, 1.807) is 0 Å². The summed E-state index contributed by atoms with van der Waals surface area (Å²) in [5.74, 6) is 0.675. The lowest BCUT2D eigenvalue weighted by atomic mass is 9.82. The van der Waals surface area contributed by atoms with Crippen molar-refractivity contribution in [2.45, 2.75) is 64.0 Å². The van der Waals surface area contributed by atoms with Gasteiger partial charge in [-0.15, -0.1) is 0 Å². The van der Waals surface area contributed by atoms with Gasteiger partial charge in [-0.05, 0) is 64.8 Å². The van der Waals surface area contributed by atoms with Crippen LogP contribution in [0.5, 0.6) is 0 Å². The Kier molecular flexibility index (Phi) is 5.05. The highest BCUT2D eigenvalue weighted by Crippen LogP contribution is 2.33. The van der Waals surface area contributed by atoms with Crippen LogP contribution >= 0.6 is 0 Å². The van der Waals surface area contributed by atoms with E-state index in [0.29, 0.717) is 12.0 Å². The lowest BCUT2D eigenvalue weighted by Crippen LogP contribution is -2.36. The zero-order valence-electron chi connectivity index (χ0n) is 12.0. The number of hydrogen-bond acceptors (Lipinski definition) is 3. The molecule has 0 spiro atoms. The summed E-state index contributed by atoms with van der Waals surface area (Å²) in [6.45, 7) is 8.48. The molecule has 0 aromatic heterocycles. The van der Waals surface area contributed by atoms with E-state index >= 15 is 0 Å². The number of aliphatic hydroxyl groups is 1. The lowest BCUT2D eigenvalue weighted by Gasteiger charge is -2.33. The van der Waals surface area contributed by atoms with Gasteiger partial charge in [-0.25, -0.2) is 0 Å². The minimum Gasteiger partial charge on any atom is -0.390 e. The molecule has 0 aromatic rings. The number of nitrogens with zero attached hydrogens (tertiary/aromatic N) is 1. The minimum atomic E-state index is -0.411. The van der Waals surface area contributed by atoms with Gasteiger partial charge >= 0.3 is 0 Å². The van der Waals surface area contributed by atoms with E-state index in [2.05, 4.69) is 18.7 Å². The average molecular weight is 255 g/mol. The Bertz CT molecular complexity index is 251. The minimum absolute atomic E-state index is 0.411. The Balaban J connectivity index is 1.86. The molecule has 18 heavy (non-hydrogen) atoms. The highest BCUT2D eigenvalue weighted by atomic mass is 16.5. The Morgan fingerprint density at radius 3 is 2.61 bits per heavy atom. The molecule has 0 aromatic carbocycles. The smallest absolute Gasteiger partial charge is 0.0663 e. The molecule has 0 bridgehead atoms. The van der Waals surface area contributed by atoms with Gasteiger partial charge in [-0.1, -0.05) is 0 Å². The van der Waals surface area contributed by atoms with Crippen molar-refractivity contribution in [3.8, 4) is 0 Å². The molecule has 0 saturated carbocycles. The highest BCUT2D eigenvalue weighted by Gasteiger charge is 2.33. The first-order valence-electron chi connectivity index (χ1n) is 7.63. The van der Waals surface area contributed by atoms with E-state index in [-0.39, 0.29) is 0 Å². The third kappa shape index (κ3) is 3.94. The van der Waals surface area contributed by atoms with Crippen molar-refractivity contribution in [2.24, 2.45) is 5.92 Å². The fourth-order valence-corrected chi connectivity index (χ4v) is 3.41. The number of rotatable bonds is 3. The van der Waals surface area contributed by atoms with Crippen molar-refractivity contribution in [3.63, 3.8) is 0 Å². The van der Waals surface area contributed by atoms with Crippen LogP contribution < -0.4 is 0 Å². The van der Waals surface area contributed by atoms with Crippen LogP contribution in [0.4, 0.5) is 0 Å². The highest BCUT2D eigenvalue weighted by molar-refractivity contribution is 4.87. The van der Waals surface area contributed by atoms with Gasteiger partial charge in [0.15, 0.2) is 0 Å². The van der Waals surface area contributed by atoms with Crippen LogP contribution in [-0.2, 0) is 4.74 Å². The molecule has 0 amide bonds. The van der Waals surface area contributed by atoms with E-state index in [1.165, 1.54) is 0 Å². The first kappa shape index (κ1) is 14.3. The van der Waals surface area contributed by atoms with Crippen LogP contribution in [0.25, 0.3) is 0 Å². The normalized spacial score (nSPS) is 32.7. The molecule has 1 atom stereocenters. The van der Waals surface area contributed by atoms with E-state index < -0.39 is 5.60 Å². The topological polar surface area (TPSA) is 32.7 Å². The zero-order valence-corrected chi connectivity index (χ0v) is 12.0. The summed E-state index contributed by atoms with van der Waals surface area (Å²) in [5.41, 5.74) is -0.411. The lowest BCUT2D eigenvalue weighted by molar-refractivity contribution is -0.0216. The summed E-state index contributed by atoms with van der Waals surface area (Å²) >= 11 is 0. The Morgan fingerprint density at radius 2 is 1.94 bits per heavy atom. The maximum absolute atomic E-state index is 10.8. The Hall–Kier alpha value is -0.120. The van der Waals surface area contributed by atoms with Crippen LogP contribution in [0.3, 0.4) is 0 Å². The maximum atomic E-state index is 10.8. The van der Waals surface area contributed by atoms with Crippen LogP contribution in [0.2, 0.25) is 0 Å². The summed E-state index contributed by atoms with van der Waals surface area (Å²) in [4.78, 5) is 2.50. The van der Waals surface area contributed by atoms with Gasteiger partial charge in [0, 0.05) is 25.8 Å². The molecule has 0 aliphatic carbocycles. The Morgan fingerprint density at radius 1 is 1.22 bits per heavy atom. The maximum Gasteiger partial charge on any atom is 0.0663 e. The number of ether oxygens (including phenoxy) is 1. The molecule has 2 aliphatic rings. The van der Waals surface area contributed by atoms with Gasteiger partial charge in [-0.3, -0.25) is 0 Å². The molecular weight excluding hydrogens is 226 g/mol. The fourth-order valence-electron chi connectivity index (χ4n) is 3.41. The molecule has 3 heteroatoms. The third-order valence-corrected chi connectivity index (χ3v) is 4.69. The average Bonchev–Trinajstić information content (AvgIpc) is 2.52. The molecule has 1 unspecified atom stereocenters. The second kappa shape index (κ2) is 6.36. The largest absolute Gasteiger partial charge is 0.390 e. The predicted octanol–water partition coefficient (Wildman–Crippen LogP) is 2.43. The van der Waals surface area contributed by atoms with E-state index in [1.807, 2.05) is 0 Å². The van der Waals surface area contributed by atoms with Gasteiger partial charge in [0.2, 0.25) is 0 Å². The van der Waals surface area contributed by atoms with Gasteiger partial charge in [-0.2, -0.15) is 0 Å². The van der Waals surface area contributed by atoms with Crippen molar-refractivity contribution in [2.75, 3.05) is 26.3 Å². The summed E-state index contributed by atoms with van der Waals surface area (Å²) in [6, 6.07) is 0.607. The Labute approximate surface area is 112 Å². The summed E-state index contributed by atoms with van der Waals surface area (Å²) in [7, 11) is 0. The summed E-state index contributed by atoms with van der Waals surface area (Å²) in [5, 5.41) is 10.8. The second-order valence-corrected chi connectivity index (χ2v) is 6.47. The van der Waals surface area contributed by atoms with E-state index in [4.69, 9.17) is 4.74 Å². The van der Waals surface area contributed by atoms with Crippen LogP contribution in [0.1, 0.15) is 52.4 Å².